The van der Waals surface area contributed by atoms with E-state index in [1.54, 1.807) is 0 Å². The van der Waals surface area contributed by atoms with E-state index in [0.717, 1.165) is 0 Å². The molecule has 0 N–H and O–H groups in total. The molecular formula is C35H23NS. The first-order chi connectivity index (χ1) is 18.3. The van der Waals surface area contributed by atoms with Crippen molar-refractivity contribution in [2.75, 3.05) is 0 Å². The number of pyridine rings is 1. The number of fused-ring (bicyclic) bond motifs is 3. The lowest BCUT2D eigenvalue weighted by Crippen LogP contribution is -1.90. The fourth-order valence-electron chi connectivity index (χ4n) is 5.22. The Labute approximate surface area is 220 Å². The Morgan fingerprint density at radius 1 is 0.459 bits per heavy atom. The fraction of sp³-hybridized carbons (Fsp3) is 0. The van der Waals surface area contributed by atoms with Crippen LogP contribution in [0, 0.1) is 0 Å². The van der Waals surface area contributed by atoms with E-state index in [-0.39, 0.29) is 0 Å². The minimum atomic E-state index is 1.18. The lowest BCUT2D eigenvalue weighted by Gasteiger charge is -2.17. The van der Waals surface area contributed by atoms with Gasteiger partial charge in [0.15, 0.2) is 0 Å². The third kappa shape index (κ3) is 3.96. The third-order valence-electron chi connectivity index (χ3n) is 6.98. The number of rotatable bonds is 4. The van der Waals surface area contributed by atoms with Crippen LogP contribution in [0.2, 0.25) is 0 Å². The number of hydrogen-bond donors (Lipinski definition) is 0. The molecule has 0 aliphatic heterocycles. The van der Waals surface area contributed by atoms with Gasteiger partial charge in [-0.25, -0.2) is 0 Å². The molecule has 0 spiro atoms. The van der Waals surface area contributed by atoms with Crippen molar-refractivity contribution >= 4 is 44.1 Å². The molecule has 0 saturated carbocycles. The molecule has 37 heavy (non-hydrogen) atoms. The quantitative estimate of drug-likeness (QED) is 0.228. The van der Waals surface area contributed by atoms with Crippen molar-refractivity contribution in [3.8, 4) is 22.3 Å². The molecule has 0 radical (unpaired) electrons. The maximum Gasteiger partial charge on any atom is 0.0353 e. The summed E-state index contributed by atoms with van der Waals surface area (Å²) in [4.78, 5) is 7.02. The molecular weight excluding hydrogens is 466 g/mol. The summed E-state index contributed by atoms with van der Waals surface area (Å²) in [5.74, 6) is 0. The van der Waals surface area contributed by atoms with Gasteiger partial charge in [-0.1, -0.05) is 115 Å². The third-order valence-corrected chi connectivity index (χ3v) is 8.11. The Hall–Kier alpha value is -4.40. The number of benzene rings is 6. The molecule has 0 aliphatic rings. The van der Waals surface area contributed by atoms with Crippen molar-refractivity contribution in [1.82, 2.24) is 4.98 Å². The zero-order valence-electron chi connectivity index (χ0n) is 20.1. The highest BCUT2D eigenvalue weighted by Crippen LogP contribution is 2.45. The summed E-state index contributed by atoms with van der Waals surface area (Å²) < 4.78 is 0. The SMILES string of the molecule is c1ccc(-c2ccc3cc(Sc4c5ccccc5c(-c5ccccc5)c5cnccc45)ccc3c2)cc1. The van der Waals surface area contributed by atoms with Gasteiger partial charge in [0.25, 0.3) is 0 Å². The van der Waals surface area contributed by atoms with Gasteiger partial charge in [0.2, 0.25) is 0 Å². The van der Waals surface area contributed by atoms with Gasteiger partial charge in [-0.3, -0.25) is 4.98 Å². The number of hydrogen-bond acceptors (Lipinski definition) is 2. The Kier molecular flexibility index (Phi) is 5.45. The van der Waals surface area contributed by atoms with E-state index in [2.05, 4.69) is 132 Å². The maximum absolute atomic E-state index is 4.52. The second-order valence-electron chi connectivity index (χ2n) is 9.23. The maximum atomic E-state index is 4.52. The zero-order chi connectivity index (χ0) is 24.6. The van der Waals surface area contributed by atoms with Crippen molar-refractivity contribution in [1.29, 1.82) is 0 Å². The Balaban J connectivity index is 1.38. The van der Waals surface area contributed by atoms with E-state index in [4.69, 9.17) is 0 Å². The molecule has 6 aromatic carbocycles. The van der Waals surface area contributed by atoms with Crippen LogP contribution in [-0.2, 0) is 0 Å². The highest BCUT2D eigenvalue weighted by molar-refractivity contribution is 7.99. The van der Waals surface area contributed by atoms with Crippen molar-refractivity contribution in [3.63, 3.8) is 0 Å². The fourth-order valence-corrected chi connectivity index (χ4v) is 6.36. The molecule has 7 rings (SSSR count). The summed E-state index contributed by atoms with van der Waals surface area (Å²) in [5.41, 5.74) is 4.95. The molecule has 0 atom stereocenters. The second kappa shape index (κ2) is 9.24. The zero-order valence-corrected chi connectivity index (χ0v) is 21.0. The lowest BCUT2D eigenvalue weighted by atomic mass is 9.93. The van der Waals surface area contributed by atoms with E-state index in [1.807, 2.05) is 24.2 Å². The van der Waals surface area contributed by atoms with Crippen LogP contribution < -0.4 is 0 Å². The average Bonchev–Trinajstić information content (AvgIpc) is 2.98. The topological polar surface area (TPSA) is 12.9 Å². The van der Waals surface area contributed by atoms with E-state index in [1.165, 1.54) is 64.4 Å². The van der Waals surface area contributed by atoms with Crippen LogP contribution >= 0.6 is 11.8 Å². The standard InChI is InChI=1S/C35H23NS/c1-3-9-24(10-4-1)26-15-16-28-22-29(18-17-27(28)21-26)37-35-31-14-8-7-13-30(31)34(25-11-5-2-6-12-25)33-23-36-20-19-32(33)35/h1-23H. The molecule has 7 aromatic rings. The Morgan fingerprint density at radius 2 is 1.11 bits per heavy atom. The van der Waals surface area contributed by atoms with E-state index in [9.17, 15) is 0 Å². The molecule has 1 heterocycles. The average molecular weight is 490 g/mol. The summed E-state index contributed by atoms with van der Waals surface area (Å²) in [6, 6.07) is 45.7. The highest BCUT2D eigenvalue weighted by atomic mass is 32.2. The predicted molar refractivity (Wildman–Crippen MR) is 158 cm³/mol. The second-order valence-corrected chi connectivity index (χ2v) is 10.3. The van der Waals surface area contributed by atoms with Gasteiger partial charge in [-0.05, 0) is 73.5 Å². The monoisotopic (exact) mass is 489 g/mol. The van der Waals surface area contributed by atoms with Crippen LogP contribution in [0.3, 0.4) is 0 Å². The first kappa shape index (κ1) is 21.8. The minimum Gasteiger partial charge on any atom is -0.264 e. The van der Waals surface area contributed by atoms with Gasteiger partial charge in [0, 0.05) is 27.6 Å². The van der Waals surface area contributed by atoms with Gasteiger partial charge in [-0.15, -0.1) is 0 Å². The van der Waals surface area contributed by atoms with E-state index in [0.29, 0.717) is 0 Å². The molecule has 0 fully saturated rings. The van der Waals surface area contributed by atoms with Gasteiger partial charge >= 0.3 is 0 Å². The van der Waals surface area contributed by atoms with Gasteiger partial charge in [-0.2, -0.15) is 0 Å². The minimum absolute atomic E-state index is 1.18. The normalized spacial score (nSPS) is 11.4. The molecule has 1 aromatic heterocycles. The van der Waals surface area contributed by atoms with Crippen LogP contribution in [0.1, 0.15) is 0 Å². The smallest absolute Gasteiger partial charge is 0.0353 e. The summed E-state index contributed by atoms with van der Waals surface area (Å²) in [5, 5.41) is 7.44. The molecule has 0 unspecified atom stereocenters. The van der Waals surface area contributed by atoms with Crippen LogP contribution in [0.25, 0.3) is 54.6 Å². The van der Waals surface area contributed by atoms with Crippen LogP contribution in [0.15, 0.2) is 150 Å². The largest absolute Gasteiger partial charge is 0.264 e. The van der Waals surface area contributed by atoms with Gasteiger partial charge in [0.1, 0.15) is 0 Å². The first-order valence-electron chi connectivity index (χ1n) is 12.5. The van der Waals surface area contributed by atoms with Crippen molar-refractivity contribution < 1.29 is 0 Å². The number of aromatic nitrogens is 1. The van der Waals surface area contributed by atoms with Crippen LogP contribution in [0.4, 0.5) is 0 Å². The molecule has 0 aliphatic carbocycles. The molecule has 0 saturated heterocycles. The van der Waals surface area contributed by atoms with Crippen molar-refractivity contribution in [2.24, 2.45) is 0 Å². The summed E-state index contributed by atoms with van der Waals surface area (Å²) >= 11 is 1.84. The summed E-state index contributed by atoms with van der Waals surface area (Å²) in [6.45, 7) is 0. The van der Waals surface area contributed by atoms with E-state index < -0.39 is 0 Å². The van der Waals surface area contributed by atoms with Crippen LogP contribution in [0.5, 0.6) is 0 Å². The van der Waals surface area contributed by atoms with Gasteiger partial charge < -0.3 is 0 Å². The first-order valence-corrected chi connectivity index (χ1v) is 13.3. The van der Waals surface area contributed by atoms with Crippen LogP contribution in [-0.4, -0.2) is 4.98 Å². The Morgan fingerprint density at radius 3 is 1.92 bits per heavy atom. The van der Waals surface area contributed by atoms with E-state index >= 15 is 0 Å². The Bertz CT molecular complexity index is 1840. The highest BCUT2D eigenvalue weighted by Gasteiger charge is 2.16. The summed E-state index contributed by atoms with van der Waals surface area (Å²) in [6.07, 6.45) is 3.92. The molecule has 2 heteroatoms. The summed E-state index contributed by atoms with van der Waals surface area (Å²) in [7, 11) is 0. The lowest BCUT2D eigenvalue weighted by molar-refractivity contribution is 1.36. The molecule has 1 nitrogen and oxygen atoms in total. The van der Waals surface area contributed by atoms with Crippen molar-refractivity contribution in [2.45, 2.75) is 9.79 Å². The predicted octanol–water partition coefficient (Wildman–Crippen LogP) is 10.0. The number of nitrogens with zero attached hydrogens (tertiary/aromatic N) is 1. The molecule has 0 bridgehead atoms. The molecule has 174 valence electrons. The molecule has 0 amide bonds. The van der Waals surface area contributed by atoms with Crippen molar-refractivity contribution in [3.05, 3.63) is 140 Å². The van der Waals surface area contributed by atoms with Gasteiger partial charge in [0.05, 0.1) is 0 Å².